The van der Waals surface area contributed by atoms with Gasteiger partial charge in [0.25, 0.3) is 0 Å². The number of hydrogen-bond donors (Lipinski definition) is 0. The molecule has 0 aliphatic rings. The lowest BCUT2D eigenvalue weighted by Gasteiger charge is -2.18. The molecule has 1 atom stereocenters. The van der Waals surface area contributed by atoms with E-state index in [4.69, 9.17) is 14.2 Å². The Morgan fingerprint density at radius 1 is 0.317 bits per heavy atom. The van der Waals surface area contributed by atoms with Crippen molar-refractivity contribution in [3.05, 3.63) is 0 Å². The van der Waals surface area contributed by atoms with E-state index < -0.39 is 6.10 Å². The van der Waals surface area contributed by atoms with Crippen molar-refractivity contribution < 1.29 is 28.6 Å². The molecule has 0 heterocycles. The van der Waals surface area contributed by atoms with Crippen molar-refractivity contribution in [3.8, 4) is 0 Å². The van der Waals surface area contributed by atoms with Crippen molar-refractivity contribution in [3.63, 3.8) is 0 Å². The molecule has 6 nitrogen and oxygen atoms in total. The predicted octanol–water partition coefficient (Wildman–Crippen LogP) is 17.5. The number of unbranched alkanes of at least 4 members (excludes halogenated alkanes) is 36. The Hall–Kier alpha value is -1.59. The molecule has 0 N–H and O–H groups in total. The molecule has 0 radical (unpaired) electrons. The third-order valence-corrected chi connectivity index (χ3v) is 12.3. The minimum Gasteiger partial charge on any atom is -0.462 e. The molecule has 0 saturated carbocycles. The second kappa shape index (κ2) is 48.4. The number of esters is 3. The van der Waals surface area contributed by atoms with E-state index in [1.807, 2.05) is 0 Å². The van der Waals surface area contributed by atoms with Crippen LogP contribution in [0.2, 0.25) is 0 Å². The van der Waals surface area contributed by atoms with E-state index in [1.165, 1.54) is 199 Å². The van der Waals surface area contributed by atoms with Gasteiger partial charge < -0.3 is 14.2 Å². The molecule has 0 aliphatic heterocycles. The number of carbonyl (C=O) groups is 3. The minimum atomic E-state index is -0.760. The van der Waals surface area contributed by atoms with Crippen LogP contribution >= 0.6 is 0 Å². The van der Waals surface area contributed by atoms with Crippen molar-refractivity contribution in [2.75, 3.05) is 13.2 Å². The molecular formula is C54H104O6. The van der Waals surface area contributed by atoms with E-state index in [2.05, 4.69) is 27.7 Å². The van der Waals surface area contributed by atoms with Gasteiger partial charge in [-0.25, -0.2) is 0 Å². The van der Waals surface area contributed by atoms with Crippen LogP contribution in [0.5, 0.6) is 0 Å². The molecule has 0 unspecified atom stereocenters. The molecule has 0 aliphatic carbocycles. The molecular weight excluding hydrogens is 745 g/mol. The highest BCUT2D eigenvalue weighted by Gasteiger charge is 2.19. The molecule has 0 bridgehead atoms. The molecule has 356 valence electrons. The van der Waals surface area contributed by atoms with Gasteiger partial charge in [0, 0.05) is 19.3 Å². The molecule has 0 spiro atoms. The average molecular weight is 849 g/mol. The summed E-state index contributed by atoms with van der Waals surface area (Å²) in [5, 5.41) is 0. The predicted molar refractivity (Wildman–Crippen MR) is 257 cm³/mol. The normalized spacial score (nSPS) is 11.9. The first-order chi connectivity index (χ1) is 29.4. The van der Waals surface area contributed by atoms with E-state index in [-0.39, 0.29) is 31.1 Å². The van der Waals surface area contributed by atoms with E-state index in [0.717, 1.165) is 63.7 Å². The van der Waals surface area contributed by atoms with Gasteiger partial charge in [-0.2, -0.15) is 0 Å². The maximum atomic E-state index is 12.7. The maximum Gasteiger partial charge on any atom is 0.306 e. The van der Waals surface area contributed by atoms with Crippen LogP contribution in [0.25, 0.3) is 0 Å². The highest BCUT2D eigenvalue weighted by molar-refractivity contribution is 5.71. The Morgan fingerprint density at radius 2 is 0.550 bits per heavy atom. The minimum absolute atomic E-state index is 0.0626. The van der Waals surface area contributed by atoms with Gasteiger partial charge in [0.05, 0.1) is 0 Å². The standard InChI is InChI=1S/C54H104O6/c1-5-7-9-11-13-15-16-17-23-26-30-33-37-41-45-52(55)58-48-51(60-54(57)47-43-39-35-28-14-12-10-8-6-2)49-59-53(56)46-42-38-34-31-27-24-21-19-18-20-22-25-29-32-36-40-44-50(3)4/h50-51H,5-49H2,1-4H3/t51-/m0/s1. The van der Waals surface area contributed by atoms with E-state index in [9.17, 15) is 14.4 Å². The molecule has 0 aromatic heterocycles. The summed E-state index contributed by atoms with van der Waals surface area (Å²) in [5.41, 5.74) is 0. The van der Waals surface area contributed by atoms with E-state index in [1.54, 1.807) is 0 Å². The summed E-state index contributed by atoms with van der Waals surface area (Å²) < 4.78 is 16.8. The molecule has 0 aromatic rings. The Balaban J connectivity index is 4.19. The highest BCUT2D eigenvalue weighted by Crippen LogP contribution is 2.17. The van der Waals surface area contributed by atoms with E-state index in [0.29, 0.717) is 19.3 Å². The quantitative estimate of drug-likeness (QED) is 0.0345. The van der Waals surface area contributed by atoms with Gasteiger partial charge in [0.1, 0.15) is 13.2 Å². The molecule has 0 fully saturated rings. The first-order valence-corrected chi connectivity index (χ1v) is 26.9. The smallest absolute Gasteiger partial charge is 0.306 e. The summed E-state index contributed by atoms with van der Waals surface area (Å²) in [6.07, 6.45) is 50.9. The monoisotopic (exact) mass is 849 g/mol. The lowest BCUT2D eigenvalue weighted by atomic mass is 10.0. The van der Waals surface area contributed by atoms with Crippen LogP contribution in [-0.2, 0) is 28.6 Å². The lowest BCUT2D eigenvalue weighted by Crippen LogP contribution is -2.30. The lowest BCUT2D eigenvalue weighted by molar-refractivity contribution is -0.167. The summed E-state index contributed by atoms with van der Waals surface area (Å²) in [6, 6.07) is 0. The second-order valence-electron chi connectivity index (χ2n) is 19.0. The van der Waals surface area contributed by atoms with Crippen molar-refractivity contribution in [1.29, 1.82) is 0 Å². The Labute approximate surface area is 374 Å². The van der Waals surface area contributed by atoms with Crippen LogP contribution < -0.4 is 0 Å². The summed E-state index contributed by atoms with van der Waals surface area (Å²) in [5.74, 6) is 0.00884. The SMILES string of the molecule is CCCCCCCCCCCCCCCCC(=O)OC[C@@H](COC(=O)CCCCCCCCCCCCCCCCCCC(C)C)OC(=O)CCCCCCCCCCC. The van der Waals surface area contributed by atoms with Crippen LogP contribution in [0.4, 0.5) is 0 Å². The van der Waals surface area contributed by atoms with Crippen LogP contribution in [-0.4, -0.2) is 37.2 Å². The number of hydrogen-bond acceptors (Lipinski definition) is 6. The first kappa shape index (κ1) is 58.4. The molecule has 0 rings (SSSR count). The van der Waals surface area contributed by atoms with Crippen molar-refractivity contribution in [2.24, 2.45) is 5.92 Å². The molecule has 60 heavy (non-hydrogen) atoms. The van der Waals surface area contributed by atoms with Gasteiger partial charge in [0.15, 0.2) is 6.10 Å². The van der Waals surface area contributed by atoms with Gasteiger partial charge in [0.2, 0.25) is 0 Å². The Bertz CT molecular complexity index is 903. The molecule has 0 amide bonds. The van der Waals surface area contributed by atoms with Crippen molar-refractivity contribution >= 4 is 17.9 Å². The fourth-order valence-electron chi connectivity index (χ4n) is 8.22. The summed E-state index contributed by atoms with van der Waals surface area (Å²) >= 11 is 0. The largest absolute Gasteiger partial charge is 0.462 e. The zero-order chi connectivity index (χ0) is 43.8. The van der Waals surface area contributed by atoms with E-state index >= 15 is 0 Å². The topological polar surface area (TPSA) is 78.9 Å². The summed E-state index contributed by atoms with van der Waals surface area (Å²) in [6.45, 7) is 9.03. The Kier molecular flexibility index (Phi) is 47.2. The third-order valence-electron chi connectivity index (χ3n) is 12.3. The van der Waals surface area contributed by atoms with Crippen LogP contribution in [0.15, 0.2) is 0 Å². The average Bonchev–Trinajstić information content (AvgIpc) is 3.23. The van der Waals surface area contributed by atoms with Crippen LogP contribution in [0.1, 0.15) is 304 Å². The maximum absolute atomic E-state index is 12.7. The van der Waals surface area contributed by atoms with Crippen molar-refractivity contribution in [2.45, 2.75) is 310 Å². The van der Waals surface area contributed by atoms with Gasteiger partial charge in [-0.3, -0.25) is 14.4 Å². The Morgan fingerprint density at radius 3 is 0.817 bits per heavy atom. The summed E-state index contributed by atoms with van der Waals surface area (Å²) in [7, 11) is 0. The van der Waals surface area contributed by atoms with Gasteiger partial charge in [-0.05, 0) is 25.2 Å². The zero-order valence-electron chi connectivity index (χ0n) is 40.9. The molecule has 6 heteroatoms. The van der Waals surface area contributed by atoms with Gasteiger partial charge >= 0.3 is 17.9 Å². The highest BCUT2D eigenvalue weighted by atomic mass is 16.6. The fraction of sp³-hybridized carbons (Fsp3) is 0.944. The zero-order valence-corrected chi connectivity index (χ0v) is 40.9. The second-order valence-corrected chi connectivity index (χ2v) is 19.0. The molecule has 0 saturated heterocycles. The molecule has 0 aromatic carbocycles. The number of carbonyl (C=O) groups excluding carboxylic acids is 3. The van der Waals surface area contributed by atoms with Gasteiger partial charge in [-0.1, -0.05) is 265 Å². The summed E-state index contributed by atoms with van der Waals surface area (Å²) in [4.78, 5) is 37.9. The van der Waals surface area contributed by atoms with Gasteiger partial charge in [-0.15, -0.1) is 0 Å². The first-order valence-electron chi connectivity index (χ1n) is 26.9. The van der Waals surface area contributed by atoms with Crippen molar-refractivity contribution in [1.82, 2.24) is 0 Å². The third kappa shape index (κ3) is 47.5. The number of rotatable bonds is 49. The van der Waals surface area contributed by atoms with Crippen LogP contribution in [0, 0.1) is 5.92 Å². The fourth-order valence-corrected chi connectivity index (χ4v) is 8.22. The number of ether oxygens (including phenoxy) is 3. The van der Waals surface area contributed by atoms with Crippen LogP contribution in [0.3, 0.4) is 0 Å².